The molecule has 29 heavy (non-hydrogen) atoms. The minimum atomic E-state index is -0.280. The number of amidine groups is 1. The summed E-state index contributed by atoms with van der Waals surface area (Å²) in [6.45, 7) is 0. The third kappa shape index (κ3) is 3.39. The smallest absolute Gasteiger partial charge is 0.239 e. The Bertz CT molecular complexity index is 1000. The topological polar surface area (TPSA) is 32.7 Å². The monoisotopic (exact) mass is 410 g/mol. The highest BCUT2D eigenvalue weighted by Gasteiger charge is 2.47. The Morgan fingerprint density at radius 1 is 1.03 bits per heavy atom. The lowest BCUT2D eigenvalue weighted by Crippen LogP contribution is -2.47. The van der Waals surface area contributed by atoms with Crippen LogP contribution in [0, 0.1) is 17.6 Å². The predicted molar refractivity (Wildman–Crippen MR) is 111 cm³/mol. The normalized spacial score (nSPS) is 27.6. The second-order valence-corrected chi connectivity index (χ2v) is 8.67. The first-order valence-corrected chi connectivity index (χ1v) is 10.8. The first-order valence-electron chi connectivity index (χ1n) is 9.84. The van der Waals surface area contributed by atoms with Crippen LogP contribution in [0.25, 0.3) is 6.08 Å². The molecule has 0 spiro atoms. The number of carbonyl (C=O) groups is 1. The Kier molecular flexibility index (Phi) is 4.74. The van der Waals surface area contributed by atoms with Crippen LogP contribution in [0.1, 0.15) is 36.4 Å². The van der Waals surface area contributed by atoms with E-state index < -0.39 is 0 Å². The van der Waals surface area contributed by atoms with Gasteiger partial charge in [-0.15, -0.1) is 0 Å². The zero-order valence-electron chi connectivity index (χ0n) is 15.7. The maximum Gasteiger partial charge on any atom is 0.239 e. The minimum absolute atomic E-state index is 0.0199. The van der Waals surface area contributed by atoms with Gasteiger partial charge in [-0.25, -0.2) is 8.78 Å². The molecule has 5 rings (SSSR count). The Labute approximate surface area is 172 Å². The highest BCUT2D eigenvalue weighted by Crippen LogP contribution is 2.48. The molecule has 1 amide bonds. The van der Waals surface area contributed by atoms with E-state index in [0.717, 1.165) is 35.6 Å². The van der Waals surface area contributed by atoms with Crippen molar-refractivity contribution in [1.29, 1.82) is 0 Å². The number of aliphatic imine (C=N–C) groups is 1. The van der Waals surface area contributed by atoms with Crippen LogP contribution in [-0.2, 0) is 4.79 Å². The Hall–Kier alpha value is -2.47. The molecule has 2 fully saturated rings. The summed E-state index contributed by atoms with van der Waals surface area (Å²) in [6.07, 6.45) is 5.01. The van der Waals surface area contributed by atoms with Crippen LogP contribution in [0.2, 0.25) is 0 Å². The maximum atomic E-state index is 13.5. The fraction of sp³-hybridized carbons (Fsp3) is 0.304. The average Bonchev–Trinajstić information content (AvgIpc) is 3.10. The zero-order chi connectivity index (χ0) is 20.0. The lowest BCUT2D eigenvalue weighted by atomic mass is 9.73. The number of halogens is 2. The number of hydrogen-bond acceptors (Lipinski definition) is 3. The molecule has 0 radical (unpaired) electrons. The first kappa shape index (κ1) is 18.6. The molecule has 2 aromatic carbocycles. The highest BCUT2D eigenvalue weighted by atomic mass is 32.2. The predicted octanol–water partition coefficient (Wildman–Crippen LogP) is 5.20. The quantitative estimate of drug-likeness (QED) is 0.681. The number of hydrogen-bond donors (Lipinski definition) is 0. The van der Waals surface area contributed by atoms with Crippen molar-refractivity contribution in [2.24, 2.45) is 10.9 Å². The third-order valence-corrected chi connectivity index (χ3v) is 6.91. The van der Waals surface area contributed by atoms with Crippen molar-refractivity contribution < 1.29 is 13.6 Å². The van der Waals surface area contributed by atoms with Crippen molar-refractivity contribution in [3.63, 3.8) is 0 Å². The van der Waals surface area contributed by atoms with Crippen LogP contribution >= 0.6 is 11.8 Å². The lowest BCUT2D eigenvalue weighted by Gasteiger charge is -2.44. The van der Waals surface area contributed by atoms with Gasteiger partial charge in [-0.1, -0.05) is 42.1 Å². The number of benzene rings is 2. The van der Waals surface area contributed by atoms with Gasteiger partial charge >= 0.3 is 0 Å². The number of amides is 1. The van der Waals surface area contributed by atoms with Crippen molar-refractivity contribution >= 4 is 28.9 Å². The van der Waals surface area contributed by atoms with Crippen molar-refractivity contribution in [2.45, 2.75) is 31.3 Å². The first-order chi connectivity index (χ1) is 14.1. The van der Waals surface area contributed by atoms with Gasteiger partial charge in [0.2, 0.25) is 5.91 Å². The van der Waals surface area contributed by atoms with E-state index >= 15 is 0 Å². The SMILES string of the molecule is O=C1CSC2=NC3C(=Cc4ccc(F)cc4)CCCC3C(c3ccc(F)cc3)N12. The summed E-state index contributed by atoms with van der Waals surface area (Å²) < 4.78 is 26.8. The highest BCUT2D eigenvalue weighted by molar-refractivity contribution is 8.15. The molecular formula is C23H20F2N2OS. The molecule has 3 nitrogen and oxygen atoms in total. The van der Waals surface area contributed by atoms with Gasteiger partial charge in [0.05, 0.1) is 17.8 Å². The summed E-state index contributed by atoms with van der Waals surface area (Å²) in [7, 11) is 0. The fourth-order valence-corrected chi connectivity index (χ4v) is 5.61. The molecule has 2 aromatic rings. The summed E-state index contributed by atoms with van der Waals surface area (Å²) in [5, 5.41) is 0.762. The van der Waals surface area contributed by atoms with Crippen LogP contribution in [0.15, 0.2) is 59.1 Å². The number of rotatable bonds is 2. The van der Waals surface area contributed by atoms with Crippen LogP contribution in [0.3, 0.4) is 0 Å². The van der Waals surface area contributed by atoms with Gasteiger partial charge < -0.3 is 0 Å². The number of nitrogens with zero attached hydrogens (tertiary/aromatic N) is 2. The van der Waals surface area contributed by atoms with E-state index in [1.807, 2.05) is 4.90 Å². The van der Waals surface area contributed by atoms with Crippen LogP contribution < -0.4 is 0 Å². The molecule has 3 atom stereocenters. The fourth-order valence-electron chi connectivity index (χ4n) is 4.67. The molecule has 1 saturated heterocycles. The lowest BCUT2D eigenvalue weighted by molar-refractivity contribution is -0.127. The van der Waals surface area contributed by atoms with E-state index in [1.165, 1.54) is 41.6 Å². The largest absolute Gasteiger partial charge is 0.283 e. The minimum Gasteiger partial charge on any atom is -0.283 e. The second kappa shape index (κ2) is 7.41. The molecular weight excluding hydrogens is 390 g/mol. The van der Waals surface area contributed by atoms with Crippen molar-refractivity contribution in [2.75, 3.05) is 5.75 Å². The second-order valence-electron chi connectivity index (χ2n) is 7.73. The molecule has 3 unspecified atom stereocenters. The average molecular weight is 410 g/mol. The van der Waals surface area contributed by atoms with Gasteiger partial charge in [0.25, 0.3) is 0 Å². The third-order valence-electron chi connectivity index (χ3n) is 5.95. The molecule has 148 valence electrons. The standard InChI is InChI=1S/C23H20F2N2OS/c24-17-8-4-14(5-9-17)12-16-2-1-3-19-21(16)26-23-27(20(28)13-29-23)22(19)15-6-10-18(25)11-7-15/h4-12,19,21-22H,1-3,13H2. The van der Waals surface area contributed by atoms with E-state index in [-0.39, 0.29) is 35.5 Å². The van der Waals surface area contributed by atoms with Gasteiger partial charge in [-0.05, 0) is 60.2 Å². The molecule has 0 bridgehead atoms. The molecule has 1 aliphatic carbocycles. The molecule has 2 aliphatic heterocycles. The molecule has 3 aliphatic rings. The number of thioether (sulfide) groups is 1. The van der Waals surface area contributed by atoms with Gasteiger partial charge in [-0.2, -0.15) is 0 Å². The summed E-state index contributed by atoms with van der Waals surface area (Å²) in [5.74, 6) is 0.0769. The van der Waals surface area contributed by atoms with E-state index in [9.17, 15) is 13.6 Å². The van der Waals surface area contributed by atoms with E-state index in [1.54, 1.807) is 24.3 Å². The Balaban J connectivity index is 1.57. The summed E-state index contributed by atoms with van der Waals surface area (Å²) in [4.78, 5) is 19.4. The van der Waals surface area contributed by atoms with E-state index in [0.29, 0.717) is 5.75 Å². The van der Waals surface area contributed by atoms with Gasteiger partial charge in [0.15, 0.2) is 5.17 Å². The summed E-state index contributed by atoms with van der Waals surface area (Å²) in [6, 6.07) is 12.8. The van der Waals surface area contributed by atoms with Crippen LogP contribution in [0.5, 0.6) is 0 Å². The Morgan fingerprint density at radius 2 is 1.72 bits per heavy atom. The van der Waals surface area contributed by atoms with Gasteiger partial charge in [0, 0.05) is 5.92 Å². The molecule has 0 N–H and O–H groups in total. The van der Waals surface area contributed by atoms with Gasteiger partial charge in [0.1, 0.15) is 11.6 Å². The summed E-state index contributed by atoms with van der Waals surface area (Å²) >= 11 is 1.48. The molecule has 1 saturated carbocycles. The molecule has 6 heteroatoms. The summed E-state index contributed by atoms with van der Waals surface area (Å²) in [5.41, 5.74) is 3.12. The zero-order valence-corrected chi connectivity index (χ0v) is 16.5. The van der Waals surface area contributed by atoms with Crippen molar-refractivity contribution in [1.82, 2.24) is 4.90 Å². The van der Waals surface area contributed by atoms with E-state index in [4.69, 9.17) is 4.99 Å². The molecule has 0 aromatic heterocycles. The number of carbonyl (C=O) groups excluding carboxylic acids is 1. The van der Waals surface area contributed by atoms with Crippen molar-refractivity contribution in [3.05, 3.63) is 76.9 Å². The van der Waals surface area contributed by atoms with E-state index in [2.05, 4.69) is 6.08 Å². The number of fused-ring (bicyclic) bond motifs is 2. The molecule has 2 heterocycles. The Morgan fingerprint density at radius 3 is 2.45 bits per heavy atom. The van der Waals surface area contributed by atoms with Crippen LogP contribution in [-0.4, -0.2) is 27.8 Å². The van der Waals surface area contributed by atoms with Crippen molar-refractivity contribution in [3.8, 4) is 0 Å². The maximum absolute atomic E-state index is 13.5. The van der Waals surface area contributed by atoms with Gasteiger partial charge in [-0.3, -0.25) is 14.7 Å². The van der Waals surface area contributed by atoms with Crippen LogP contribution in [0.4, 0.5) is 8.78 Å².